The zero-order valence-corrected chi connectivity index (χ0v) is 14.0. The number of benzene rings is 1. The average Bonchev–Trinajstić information content (AvgIpc) is 2.83. The van der Waals surface area contributed by atoms with Crippen LogP contribution < -0.4 is 10.1 Å². The number of nitrogens with zero attached hydrogens (tertiary/aromatic N) is 1. The van der Waals surface area contributed by atoms with Crippen molar-refractivity contribution in [3.8, 4) is 5.75 Å². The lowest BCUT2D eigenvalue weighted by Crippen LogP contribution is -2.23. The van der Waals surface area contributed by atoms with Crippen LogP contribution in [-0.4, -0.2) is 17.6 Å². The van der Waals surface area contributed by atoms with Crippen LogP contribution in [0.3, 0.4) is 0 Å². The van der Waals surface area contributed by atoms with Crippen LogP contribution in [0.5, 0.6) is 5.75 Å². The second kappa shape index (κ2) is 7.57. The summed E-state index contributed by atoms with van der Waals surface area (Å²) in [6.07, 6.45) is 1.11. The molecule has 1 unspecified atom stereocenters. The third-order valence-corrected chi connectivity index (χ3v) is 4.12. The van der Waals surface area contributed by atoms with E-state index >= 15 is 0 Å². The molecule has 2 aromatic rings. The highest BCUT2D eigenvalue weighted by atomic mass is 32.1. The Morgan fingerprint density at radius 3 is 2.76 bits per heavy atom. The fourth-order valence-corrected chi connectivity index (χ4v) is 3.12. The van der Waals surface area contributed by atoms with Crippen molar-refractivity contribution in [2.45, 2.75) is 46.3 Å². The van der Waals surface area contributed by atoms with Crippen LogP contribution >= 0.6 is 11.3 Å². The summed E-state index contributed by atoms with van der Waals surface area (Å²) in [6.45, 7) is 9.21. The largest absolute Gasteiger partial charge is 0.491 e. The predicted molar refractivity (Wildman–Crippen MR) is 89.2 cm³/mol. The molecule has 1 aromatic carbocycles. The molecule has 1 atom stereocenters. The van der Waals surface area contributed by atoms with E-state index in [4.69, 9.17) is 4.74 Å². The molecule has 0 spiro atoms. The van der Waals surface area contributed by atoms with Crippen molar-refractivity contribution < 1.29 is 4.74 Å². The lowest BCUT2D eigenvalue weighted by atomic mass is 10.0. The van der Waals surface area contributed by atoms with Gasteiger partial charge in [0, 0.05) is 23.5 Å². The van der Waals surface area contributed by atoms with Gasteiger partial charge < -0.3 is 10.1 Å². The van der Waals surface area contributed by atoms with Gasteiger partial charge in [-0.05, 0) is 45.0 Å². The van der Waals surface area contributed by atoms with Gasteiger partial charge in [0.25, 0.3) is 0 Å². The van der Waals surface area contributed by atoms with Gasteiger partial charge in [-0.2, -0.15) is 0 Å². The van der Waals surface area contributed by atoms with Gasteiger partial charge in [-0.25, -0.2) is 4.98 Å². The molecule has 21 heavy (non-hydrogen) atoms. The number of hydrogen-bond donors (Lipinski definition) is 1. The molecule has 0 bridgehead atoms. The summed E-state index contributed by atoms with van der Waals surface area (Å²) < 4.78 is 5.80. The summed E-state index contributed by atoms with van der Waals surface area (Å²) in [4.78, 5) is 4.58. The Balaban J connectivity index is 2.17. The number of aryl methyl sites for hydroxylation is 1. The Kier molecular flexibility index (Phi) is 5.76. The van der Waals surface area contributed by atoms with Gasteiger partial charge in [0.15, 0.2) is 0 Å². The summed E-state index contributed by atoms with van der Waals surface area (Å²) in [5, 5.41) is 6.83. The van der Waals surface area contributed by atoms with E-state index in [1.165, 1.54) is 10.6 Å². The van der Waals surface area contributed by atoms with E-state index in [1.807, 2.05) is 26.8 Å². The first-order valence-electron chi connectivity index (χ1n) is 7.49. The fourth-order valence-electron chi connectivity index (χ4n) is 2.30. The summed E-state index contributed by atoms with van der Waals surface area (Å²) >= 11 is 1.73. The minimum atomic E-state index is 0.194. The summed E-state index contributed by atoms with van der Waals surface area (Å²) in [6, 6.07) is 8.63. The van der Waals surface area contributed by atoms with Crippen LogP contribution in [0.1, 0.15) is 43.1 Å². The number of hydrogen-bond acceptors (Lipinski definition) is 4. The van der Waals surface area contributed by atoms with Crippen molar-refractivity contribution >= 4 is 11.3 Å². The lowest BCUT2D eigenvalue weighted by Gasteiger charge is -2.19. The molecule has 0 radical (unpaired) electrons. The fraction of sp³-hybridized carbons (Fsp3) is 0.471. The average molecular weight is 304 g/mol. The first-order chi connectivity index (χ1) is 10.1. The molecule has 0 aliphatic heterocycles. The van der Waals surface area contributed by atoms with Gasteiger partial charge >= 0.3 is 0 Å². The maximum Gasteiger partial charge on any atom is 0.120 e. The van der Waals surface area contributed by atoms with Crippen LogP contribution in [0.25, 0.3) is 0 Å². The molecule has 3 nitrogen and oxygen atoms in total. The molecule has 0 fully saturated rings. The molecule has 4 heteroatoms. The van der Waals surface area contributed by atoms with Crippen LogP contribution in [0.4, 0.5) is 0 Å². The molecule has 0 aliphatic rings. The highest BCUT2D eigenvalue weighted by Gasteiger charge is 2.14. The Morgan fingerprint density at radius 2 is 2.14 bits per heavy atom. The molecule has 1 N–H and O–H groups in total. The number of rotatable bonds is 7. The van der Waals surface area contributed by atoms with E-state index in [2.05, 4.69) is 40.8 Å². The van der Waals surface area contributed by atoms with Gasteiger partial charge in [-0.3, -0.25) is 0 Å². The van der Waals surface area contributed by atoms with Crippen molar-refractivity contribution in [1.82, 2.24) is 10.3 Å². The van der Waals surface area contributed by atoms with Gasteiger partial charge in [-0.1, -0.05) is 19.1 Å². The van der Waals surface area contributed by atoms with Gasteiger partial charge in [0.2, 0.25) is 0 Å². The van der Waals surface area contributed by atoms with Gasteiger partial charge in [-0.15, -0.1) is 11.3 Å². The monoisotopic (exact) mass is 304 g/mol. The number of nitrogens with one attached hydrogen (secondary N) is 1. The molecule has 2 rings (SSSR count). The molecule has 1 heterocycles. The van der Waals surface area contributed by atoms with Crippen LogP contribution in [0.2, 0.25) is 0 Å². The molecule has 0 saturated heterocycles. The van der Waals surface area contributed by atoms with E-state index in [-0.39, 0.29) is 12.1 Å². The topological polar surface area (TPSA) is 34.2 Å². The highest BCUT2D eigenvalue weighted by molar-refractivity contribution is 7.09. The molecule has 0 amide bonds. The van der Waals surface area contributed by atoms with Crippen LogP contribution in [0, 0.1) is 6.92 Å². The number of likely N-dealkylation sites (N-methyl/N-ethyl adjacent to an activating group) is 1. The maximum atomic E-state index is 5.80. The third-order valence-electron chi connectivity index (χ3n) is 3.13. The number of ether oxygens (including phenoxy) is 1. The molecule has 114 valence electrons. The SMILES string of the molecule is CCNC(Cc1nc(C)cs1)c1cccc(OC(C)C)c1. The standard InChI is InChI=1S/C17H24N2OS/c1-5-18-16(10-17-19-13(4)11-21-17)14-7-6-8-15(9-14)20-12(2)3/h6-9,11-12,16,18H,5,10H2,1-4H3. The normalized spacial score (nSPS) is 12.6. The minimum absolute atomic E-state index is 0.194. The molecule has 1 aromatic heterocycles. The number of aromatic nitrogens is 1. The summed E-state index contributed by atoms with van der Waals surface area (Å²) in [5.74, 6) is 0.931. The second-order valence-corrected chi connectivity index (χ2v) is 6.38. The zero-order chi connectivity index (χ0) is 15.2. The smallest absolute Gasteiger partial charge is 0.120 e. The van der Waals surface area contributed by atoms with Crippen molar-refractivity contribution in [2.75, 3.05) is 6.54 Å². The van der Waals surface area contributed by atoms with Crippen molar-refractivity contribution in [1.29, 1.82) is 0 Å². The number of thiazole rings is 1. The highest BCUT2D eigenvalue weighted by Crippen LogP contribution is 2.24. The molecule has 0 aliphatic carbocycles. The first kappa shape index (κ1) is 16.0. The predicted octanol–water partition coefficient (Wildman–Crippen LogP) is 4.13. The summed E-state index contributed by atoms with van der Waals surface area (Å²) in [5.41, 5.74) is 2.35. The molecular formula is C17H24N2OS. The van der Waals surface area contributed by atoms with E-state index in [0.717, 1.165) is 24.4 Å². The lowest BCUT2D eigenvalue weighted by molar-refractivity contribution is 0.242. The zero-order valence-electron chi connectivity index (χ0n) is 13.2. The molecular weight excluding hydrogens is 280 g/mol. The van der Waals surface area contributed by atoms with E-state index in [1.54, 1.807) is 11.3 Å². The quantitative estimate of drug-likeness (QED) is 0.835. The van der Waals surface area contributed by atoms with E-state index < -0.39 is 0 Å². The van der Waals surface area contributed by atoms with Crippen LogP contribution in [0.15, 0.2) is 29.6 Å². The molecule has 0 saturated carbocycles. The van der Waals surface area contributed by atoms with Crippen LogP contribution in [-0.2, 0) is 6.42 Å². The Morgan fingerprint density at radius 1 is 1.33 bits per heavy atom. The van der Waals surface area contributed by atoms with Gasteiger partial charge in [0.05, 0.1) is 11.1 Å². The Hall–Kier alpha value is -1.39. The first-order valence-corrected chi connectivity index (χ1v) is 8.37. The Labute approximate surface area is 131 Å². The second-order valence-electron chi connectivity index (χ2n) is 5.44. The minimum Gasteiger partial charge on any atom is -0.491 e. The van der Waals surface area contributed by atoms with Crippen molar-refractivity contribution in [3.63, 3.8) is 0 Å². The van der Waals surface area contributed by atoms with Crippen molar-refractivity contribution in [2.24, 2.45) is 0 Å². The Bertz CT molecular complexity index is 565. The van der Waals surface area contributed by atoms with E-state index in [9.17, 15) is 0 Å². The van der Waals surface area contributed by atoms with E-state index in [0.29, 0.717) is 0 Å². The van der Waals surface area contributed by atoms with Gasteiger partial charge in [0.1, 0.15) is 5.75 Å². The van der Waals surface area contributed by atoms with Crippen molar-refractivity contribution in [3.05, 3.63) is 45.9 Å². The third kappa shape index (κ3) is 4.83. The summed E-state index contributed by atoms with van der Waals surface area (Å²) in [7, 11) is 0. The maximum absolute atomic E-state index is 5.80.